The second-order valence-corrected chi connectivity index (χ2v) is 7.32. The first kappa shape index (κ1) is 16.7. The summed E-state index contributed by atoms with van der Waals surface area (Å²) < 4.78 is 5.60. The summed E-state index contributed by atoms with van der Waals surface area (Å²) in [6.07, 6.45) is 0. The molecular weight excluding hydrogens is 326 g/mol. The predicted octanol–water partition coefficient (Wildman–Crippen LogP) is 2.62. The van der Waals surface area contributed by atoms with Crippen molar-refractivity contribution in [3.05, 3.63) is 28.5 Å². The number of nitrogens with one attached hydrogen (secondary N) is 1. The van der Waals surface area contributed by atoms with Crippen LogP contribution in [0.3, 0.4) is 0 Å². The number of thiazole rings is 1. The van der Waals surface area contributed by atoms with Gasteiger partial charge in [-0.15, -0.1) is 11.3 Å². The summed E-state index contributed by atoms with van der Waals surface area (Å²) in [7, 11) is 0. The zero-order valence-corrected chi connectivity index (χ0v) is 15.1. The number of aromatic nitrogens is 1. The van der Waals surface area contributed by atoms with Crippen molar-refractivity contribution in [1.82, 2.24) is 15.2 Å². The lowest BCUT2D eigenvalue weighted by Gasteiger charge is -2.37. The van der Waals surface area contributed by atoms with E-state index in [0.29, 0.717) is 34.4 Å². The Labute approximate surface area is 144 Å². The summed E-state index contributed by atoms with van der Waals surface area (Å²) in [4.78, 5) is 31.9. The molecular formula is C17H21N3O3S. The Morgan fingerprint density at radius 3 is 2.79 bits per heavy atom. The molecule has 0 bridgehead atoms. The standard InChI is InChI=1S/C17H21N3O3S/c1-9(2)13-15(21)18-7-8-20(13)17(22)14-11(4)19-16(24-14)12-6-5-10(3)23-12/h5-6,9,13H,7-8H2,1-4H3,(H,18,21). The van der Waals surface area contributed by atoms with E-state index in [9.17, 15) is 9.59 Å². The van der Waals surface area contributed by atoms with E-state index in [4.69, 9.17) is 4.42 Å². The number of aryl methyl sites for hydroxylation is 2. The number of hydrogen-bond donors (Lipinski definition) is 1. The highest BCUT2D eigenvalue weighted by Gasteiger charge is 2.37. The number of piperazine rings is 1. The van der Waals surface area contributed by atoms with Crippen LogP contribution in [0.25, 0.3) is 10.8 Å². The molecule has 0 spiro atoms. The maximum atomic E-state index is 13.0. The minimum absolute atomic E-state index is 0.0506. The molecule has 2 aromatic rings. The van der Waals surface area contributed by atoms with Crippen molar-refractivity contribution < 1.29 is 14.0 Å². The van der Waals surface area contributed by atoms with Gasteiger partial charge in [0.2, 0.25) is 5.91 Å². The van der Waals surface area contributed by atoms with Crippen molar-refractivity contribution in [1.29, 1.82) is 0 Å². The molecule has 1 aliphatic heterocycles. The molecule has 24 heavy (non-hydrogen) atoms. The van der Waals surface area contributed by atoms with E-state index in [-0.39, 0.29) is 17.7 Å². The van der Waals surface area contributed by atoms with Crippen LogP contribution < -0.4 is 5.32 Å². The largest absolute Gasteiger partial charge is 0.459 e. The maximum absolute atomic E-state index is 13.0. The molecule has 2 aromatic heterocycles. The highest BCUT2D eigenvalue weighted by atomic mass is 32.1. The SMILES string of the molecule is Cc1ccc(-c2nc(C)c(C(=O)N3CCNC(=O)C3C(C)C)s2)o1. The van der Waals surface area contributed by atoms with Gasteiger partial charge in [-0.3, -0.25) is 9.59 Å². The van der Waals surface area contributed by atoms with Gasteiger partial charge in [0.05, 0.1) is 5.69 Å². The molecule has 1 unspecified atom stereocenters. The summed E-state index contributed by atoms with van der Waals surface area (Å²) in [5.41, 5.74) is 0.669. The molecule has 1 aliphatic rings. The Hall–Kier alpha value is -2.15. The maximum Gasteiger partial charge on any atom is 0.266 e. The van der Waals surface area contributed by atoms with Crippen molar-refractivity contribution in [3.63, 3.8) is 0 Å². The summed E-state index contributed by atoms with van der Waals surface area (Å²) in [6.45, 7) is 8.59. The van der Waals surface area contributed by atoms with E-state index in [2.05, 4.69) is 10.3 Å². The normalized spacial score (nSPS) is 18.1. The second kappa shape index (κ2) is 6.39. The van der Waals surface area contributed by atoms with Gasteiger partial charge in [-0.1, -0.05) is 13.8 Å². The Bertz CT molecular complexity index is 778. The number of rotatable bonds is 3. The molecule has 0 saturated carbocycles. The Kier molecular flexibility index (Phi) is 4.45. The average molecular weight is 347 g/mol. The molecule has 3 heterocycles. The smallest absolute Gasteiger partial charge is 0.266 e. The topological polar surface area (TPSA) is 75.4 Å². The summed E-state index contributed by atoms with van der Waals surface area (Å²) in [5, 5.41) is 3.52. The van der Waals surface area contributed by atoms with Crippen LogP contribution in [-0.4, -0.2) is 40.8 Å². The summed E-state index contributed by atoms with van der Waals surface area (Å²) >= 11 is 1.31. The fourth-order valence-corrected chi connectivity index (χ4v) is 3.94. The lowest BCUT2D eigenvalue weighted by Crippen LogP contribution is -2.59. The van der Waals surface area contributed by atoms with E-state index in [1.54, 1.807) is 4.90 Å². The van der Waals surface area contributed by atoms with Gasteiger partial charge in [-0.25, -0.2) is 4.98 Å². The van der Waals surface area contributed by atoms with Crippen LogP contribution in [0.15, 0.2) is 16.5 Å². The van der Waals surface area contributed by atoms with Crippen molar-refractivity contribution in [2.75, 3.05) is 13.1 Å². The molecule has 6 nitrogen and oxygen atoms in total. The second-order valence-electron chi connectivity index (χ2n) is 6.32. The zero-order valence-electron chi connectivity index (χ0n) is 14.3. The van der Waals surface area contributed by atoms with E-state index < -0.39 is 6.04 Å². The Morgan fingerprint density at radius 2 is 2.17 bits per heavy atom. The average Bonchev–Trinajstić information content (AvgIpc) is 3.12. The van der Waals surface area contributed by atoms with Gasteiger partial charge in [-0.2, -0.15) is 0 Å². The van der Waals surface area contributed by atoms with E-state index in [1.807, 2.05) is 39.8 Å². The van der Waals surface area contributed by atoms with Crippen LogP contribution in [0.2, 0.25) is 0 Å². The molecule has 0 aromatic carbocycles. The highest BCUT2D eigenvalue weighted by molar-refractivity contribution is 7.17. The molecule has 1 atom stereocenters. The van der Waals surface area contributed by atoms with Crippen molar-refractivity contribution in [3.8, 4) is 10.8 Å². The molecule has 1 N–H and O–H groups in total. The van der Waals surface area contributed by atoms with Gasteiger partial charge in [0.15, 0.2) is 10.8 Å². The van der Waals surface area contributed by atoms with E-state index in [1.165, 1.54) is 11.3 Å². The predicted molar refractivity (Wildman–Crippen MR) is 92.0 cm³/mol. The third kappa shape index (κ3) is 2.96. The summed E-state index contributed by atoms with van der Waals surface area (Å²) in [5.74, 6) is 1.30. The molecule has 7 heteroatoms. The van der Waals surface area contributed by atoms with Crippen molar-refractivity contribution in [2.24, 2.45) is 5.92 Å². The molecule has 2 amide bonds. The lowest BCUT2D eigenvalue weighted by molar-refractivity contribution is -0.129. The molecule has 0 aliphatic carbocycles. The van der Waals surface area contributed by atoms with Crippen molar-refractivity contribution >= 4 is 23.2 Å². The number of carbonyl (C=O) groups excluding carboxylic acids is 2. The first-order valence-corrected chi connectivity index (χ1v) is 8.83. The quantitative estimate of drug-likeness (QED) is 0.926. The monoisotopic (exact) mass is 347 g/mol. The molecule has 1 saturated heterocycles. The number of amides is 2. The Balaban J connectivity index is 1.92. The number of hydrogen-bond acceptors (Lipinski definition) is 5. The first-order valence-electron chi connectivity index (χ1n) is 8.01. The molecule has 128 valence electrons. The van der Waals surface area contributed by atoms with Crippen LogP contribution >= 0.6 is 11.3 Å². The van der Waals surface area contributed by atoms with E-state index >= 15 is 0 Å². The summed E-state index contributed by atoms with van der Waals surface area (Å²) in [6, 6.07) is 3.28. The molecule has 3 rings (SSSR count). The number of furan rings is 1. The van der Waals surface area contributed by atoms with Gasteiger partial charge in [0.25, 0.3) is 5.91 Å². The van der Waals surface area contributed by atoms with Crippen LogP contribution in [0, 0.1) is 19.8 Å². The lowest BCUT2D eigenvalue weighted by atomic mass is 9.99. The van der Waals surface area contributed by atoms with Crippen LogP contribution in [0.4, 0.5) is 0 Å². The van der Waals surface area contributed by atoms with E-state index in [0.717, 1.165) is 5.76 Å². The van der Waals surface area contributed by atoms with Gasteiger partial charge >= 0.3 is 0 Å². The van der Waals surface area contributed by atoms with Gasteiger partial charge < -0.3 is 14.6 Å². The first-order chi connectivity index (χ1) is 11.4. The minimum atomic E-state index is -0.443. The molecule has 0 radical (unpaired) electrons. The fraction of sp³-hybridized carbons (Fsp3) is 0.471. The number of carbonyl (C=O) groups is 2. The van der Waals surface area contributed by atoms with Gasteiger partial charge in [0.1, 0.15) is 16.7 Å². The number of nitrogens with zero attached hydrogens (tertiary/aromatic N) is 2. The van der Waals surface area contributed by atoms with Crippen LogP contribution in [0.1, 0.15) is 35.0 Å². The fourth-order valence-electron chi connectivity index (χ4n) is 2.96. The van der Waals surface area contributed by atoms with Gasteiger partial charge in [-0.05, 0) is 31.9 Å². The Morgan fingerprint density at radius 1 is 1.42 bits per heavy atom. The molecule has 1 fully saturated rings. The van der Waals surface area contributed by atoms with Gasteiger partial charge in [0, 0.05) is 13.1 Å². The third-order valence-corrected chi connectivity index (χ3v) is 5.25. The van der Waals surface area contributed by atoms with Crippen LogP contribution in [-0.2, 0) is 4.79 Å². The highest BCUT2D eigenvalue weighted by Crippen LogP contribution is 2.31. The zero-order chi connectivity index (χ0) is 17.4. The van der Waals surface area contributed by atoms with Crippen molar-refractivity contribution in [2.45, 2.75) is 33.7 Å². The van der Waals surface area contributed by atoms with Crippen LogP contribution in [0.5, 0.6) is 0 Å². The minimum Gasteiger partial charge on any atom is -0.459 e. The third-order valence-electron chi connectivity index (χ3n) is 4.09.